The first kappa shape index (κ1) is 17.8. The molecule has 0 radical (unpaired) electrons. The van der Waals surface area contributed by atoms with Crippen molar-refractivity contribution < 1.29 is 19.5 Å². The van der Waals surface area contributed by atoms with Gasteiger partial charge in [0.15, 0.2) is 0 Å². The van der Waals surface area contributed by atoms with Gasteiger partial charge in [0.25, 0.3) is 5.91 Å². The van der Waals surface area contributed by atoms with Gasteiger partial charge < -0.3 is 20.6 Å². The van der Waals surface area contributed by atoms with Gasteiger partial charge in [-0.25, -0.2) is 4.79 Å². The van der Waals surface area contributed by atoms with Gasteiger partial charge in [-0.1, -0.05) is 6.92 Å². The second-order valence-corrected chi connectivity index (χ2v) is 6.06. The first-order valence-corrected chi connectivity index (χ1v) is 8.10. The lowest BCUT2D eigenvalue weighted by atomic mass is 10.1. The standard InChI is InChI=1S/C17H23N3O4/c1-3-11(2)18-15(21)12-4-6-14(7-5-12)19-17(24)20-9-8-13(10-20)16(22)23/h4-7,11,13H,3,8-10H2,1-2H3,(H,18,21)(H,19,24)(H,22,23). The Hall–Kier alpha value is -2.57. The van der Waals surface area contributed by atoms with E-state index in [1.54, 1.807) is 24.3 Å². The number of carbonyl (C=O) groups excluding carboxylic acids is 2. The number of nitrogens with zero attached hydrogens (tertiary/aromatic N) is 1. The smallest absolute Gasteiger partial charge is 0.321 e. The van der Waals surface area contributed by atoms with Crippen molar-refractivity contribution in [3.8, 4) is 0 Å². The summed E-state index contributed by atoms with van der Waals surface area (Å²) in [5, 5.41) is 14.6. The number of hydrogen-bond donors (Lipinski definition) is 3. The number of rotatable bonds is 5. The van der Waals surface area contributed by atoms with E-state index in [0.29, 0.717) is 24.2 Å². The van der Waals surface area contributed by atoms with Crippen LogP contribution in [0.3, 0.4) is 0 Å². The maximum atomic E-state index is 12.1. The molecule has 0 aromatic heterocycles. The molecule has 1 fully saturated rings. The number of urea groups is 1. The minimum Gasteiger partial charge on any atom is -0.481 e. The highest BCUT2D eigenvalue weighted by molar-refractivity contribution is 5.95. The molecule has 1 aliphatic rings. The number of benzene rings is 1. The third-order valence-electron chi connectivity index (χ3n) is 4.21. The van der Waals surface area contributed by atoms with E-state index >= 15 is 0 Å². The molecule has 7 nitrogen and oxygen atoms in total. The third-order valence-corrected chi connectivity index (χ3v) is 4.21. The summed E-state index contributed by atoms with van der Waals surface area (Å²) in [5.41, 5.74) is 1.10. The lowest BCUT2D eigenvalue weighted by molar-refractivity contribution is -0.141. The van der Waals surface area contributed by atoms with Crippen LogP contribution in [0.5, 0.6) is 0 Å². The van der Waals surface area contributed by atoms with E-state index in [2.05, 4.69) is 10.6 Å². The summed E-state index contributed by atoms with van der Waals surface area (Å²) in [6, 6.07) is 6.40. The van der Waals surface area contributed by atoms with Crippen LogP contribution < -0.4 is 10.6 Å². The molecule has 2 rings (SSSR count). The first-order chi connectivity index (χ1) is 11.4. The first-order valence-electron chi connectivity index (χ1n) is 8.10. The average molecular weight is 333 g/mol. The fourth-order valence-corrected chi connectivity index (χ4v) is 2.46. The number of carbonyl (C=O) groups is 3. The van der Waals surface area contributed by atoms with Gasteiger partial charge in [-0.3, -0.25) is 9.59 Å². The van der Waals surface area contributed by atoms with Crippen molar-refractivity contribution in [2.45, 2.75) is 32.7 Å². The van der Waals surface area contributed by atoms with Crippen LogP contribution in [-0.4, -0.2) is 47.0 Å². The molecule has 1 aromatic rings. The van der Waals surface area contributed by atoms with E-state index < -0.39 is 11.9 Å². The summed E-state index contributed by atoms with van der Waals surface area (Å²) in [6.45, 7) is 4.58. The van der Waals surface area contributed by atoms with Crippen molar-refractivity contribution in [3.63, 3.8) is 0 Å². The molecule has 1 aliphatic heterocycles. The molecule has 1 aromatic carbocycles. The predicted molar refractivity (Wildman–Crippen MR) is 90.0 cm³/mol. The normalized spacial score (nSPS) is 18.1. The molecular weight excluding hydrogens is 310 g/mol. The van der Waals surface area contributed by atoms with Gasteiger partial charge in [-0.15, -0.1) is 0 Å². The van der Waals surface area contributed by atoms with E-state index in [-0.39, 0.29) is 24.5 Å². The van der Waals surface area contributed by atoms with Crippen molar-refractivity contribution in [3.05, 3.63) is 29.8 Å². The van der Waals surface area contributed by atoms with Crippen LogP contribution in [0.15, 0.2) is 24.3 Å². The maximum Gasteiger partial charge on any atom is 0.321 e. The van der Waals surface area contributed by atoms with Crippen LogP contribution in [0.1, 0.15) is 37.0 Å². The van der Waals surface area contributed by atoms with Crippen LogP contribution in [0.25, 0.3) is 0 Å². The number of likely N-dealkylation sites (tertiary alicyclic amines) is 1. The predicted octanol–water partition coefficient (Wildman–Crippen LogP) is 2.15. The van der Waals surface area contributed by atoms with Crippen LogP contribution in [0.2, 0.25) is 0 Å². The molecule has 1 saturated heterocycles. The summed E-state index contributed by atoms with van der Waals surface area (Å²) < 4.78 is 0. The second kappa shape index (κ2) is 7.81. The second-order valence-electron chi connectivity index (χ2n) is 6.06. The zero-order valence-corrected chi connectivity index (χ0v) is 13.9. The monoisotopic (exact) mass is 333 g/mol. The van der Waals surface area contributed by atoms with Crippen LogP contribution in [0, 0.1) is 5.92 Å². The molecule has 2 atom stereocenters. The fraction of sp³-hybridized carbons (Fsp3) is 0.471. The molecule has 7 heteroatoms. The van der Waals surface area contributed by atoms with Gasteiger partial charge in [-0.05, 0) is 44.0 Å². The Morgan fingerprint density at radius 1 is 1.29 bits per heavy atom. The summed E-state index contributed by atoms with van der Waals surface area (Å²) >= 11 is 0. The Bertz CT molecular complexity index is 615. The van der Waals surface area contributed by atoms with Crippen molar-refractivity contribution in [1.82, 2.24) is 10.2 Å². The minimum absolute atomic E-state index is 0.106. The lowest BCUT2D eigenvalue weighted by Gasteiger charge is -2.17. The van der Waals surface area contributed by atoms with Gasteiger partial charge in [-0.2, -0.15) is 0 Å². The molecule has 0 spiro atoms. The third kappa shape index (κ3) is 4.47. The van der Waals surface area contributed by atoms with E-state index in [1.807, 2.05) is 13.8 Å². The molecule has 2 unspecified atom stereocenters. The summed E-state index contributed by atoms with van der Waals surface area (Å²) in [6.07, 6.45) is 1.32. The number of aliphatic carboxylic acids is 1. The maximum absolute atomic E-state index is 12.1. The molecule has 0 saturated carbocycles. The van der Waals surface area contributed by atoms with Crippen molar-refractivity contribution in [2.75, 3.05) is 18.4 Å². The van der Waals surface area contributed by atoms with Crippen molar-refractivity contribution in [1.29, 1.82) is 0 Å². The van der Waals surface area contributed by atoms with Gasteiger partial charge in [0.1, 0.15) is 0 Å². The number of nitrogens with one attached hydrogen (secondary N) is 2. The molecule has 0 aliphatic carbocycles. The Morgan fingerprint density at radius 2 is 1.96 bits per heavy atom. The molecular formula is C17H23N3O4. The highest BCUT2D eigenvalue weighted by Crippen LogP contribution is 2.18. The number of amides is 3. The molecule has 0 bridgehead atoms. The largest absolute Gasteiger partial charge is 0.481 e. The zero-order chi connectivity index (χ0) is 17.7. The topological polar surface area (TPSA) is 98.7 Å². The molecule has 3 N–H and O–H groups in total. The lowest BCUT2D eigenvalue weighted by Crippen LogP contribution is -2.34. The summed E-state index contributed by atoms with van der Waals surface area (Å²) in [5.74, 6) is -1.52. The number of carboxylic acid groups (broad SMARTS) is 1. The highest BCUT2D eigenvalue weighted by Gasteiger charge is 2.30. The Labute approximate surface area is 141 Å². The van der Waals surface area contributed by atoms with Crippen LogP contribution in [0.4, 0.5) is 10.5 Å². The average Bonchev–Trinajstić information content (AvgIpc) is 3.05. The van der Waals surface area contributed by atoms with Gasteiger partial charge >= 0.3 is 12.0 Å². The fourth-order valence-electron chi connectivity index (χ4n) is 2.46. The van der Waals surface area contributed by atoms with Gasteiger partial charge in [0.2, 0.25) is 0 Å². The molecule has 1 heterocycles. The van der Waals surface area contributed by atoms with Crippen LogP contribution >= 0.6 is 0 Å². The van der Waals surface area contributed by atoms with Gasteiger partial charge in [0, 0.05) is 30.4 Å². The Balaban J connectivity index is 1.91. The Kier molecular flexibility index (Phi) is 5.78. The summed E-state index contributed by atoms with van der Waals surface area (Å²) in [7, 11) is 0. The number of anilines is 1. The Morgan fingerprint density at radius 3 is 2.50 bits per heavy atom. The molecule has 24 heavy (non-hydrogen) atoms. The van der Waals surface area contributed by atoms with Crippen molar-refractivity contribution >= 4 is 23.6 Å². The van der Waals surface area contributed by atoms with Gasteiger partial charge in [0.05, 0.1) is 5.92 Å². The molecule has 130 valence electrons. The van der Waals surface area contributed by atoms with Crippen LogP contribution in [-0.2, 0) is 4.79 Å². The quantitative estimate of drug-likeness (QED) is 0.769. The number of hydrogen-bond acceptors (Lipinski definition) is 3. The zero-order valence-electron chi connectivity index (χ0n) is 13.9. The van der Waals surface area contributed by atoms with Crippen molar-refractivity contribution in [2.24, 2.45) is 5.92 Å². The van der Waals surface area contributed by atoms with E-state index in [0.717, 1.165) is 6.42 Å². The minimum atomic E-state index is -0.873. The highest BCUT2D eigenvalue weighted by atomic mass is 16.4. The van der Waals surface area contributed by atoms with E-state index in [9.17, 15) is 14.4 Å². The van der Waals surface area contributed by atoms with E-state index in [4.69, 9.17) is 5.11 Å². The SMILES string of the molecule is CCC(C)NC(=O)c1ccc(NC(=O)N2CCC(C(=O)O)C2)cc1. The number of carboxylic acids is 1. The summed E-state index contributed by atoms with van der Waals surface area (Å²) in [4.78, 5) is 36.5. The molecule has 3 amide bonds. The van der Waals surface area contributed by atoms with E-state index in [1.165, 1.54) is 4.90 Å².